The molecule has 0 bridgehead atoms. The van der Waals surface area contributed by atoms with Crippen LogP contribution in [0.4, 0.5) is 5.69 Å². The SMILES string of the molecule is CNC(=O)[C@H]1CN(CC(=O)N[C@H](C)CCc2ccccc2)c2ccccc2O1. The average molecular weight is 381 g/mol. The van der Waals surface area contributed by atoms with E-state index in [1.807, 2.05) is 54.3 Å². The highest BCUT2D eigenvalue weighted by Crippen LogP contribution is 2.32. The minimum Gasteiger partial charge on any atom is -0.477 e. The highest BCUT2D eigenvalue weighted by molar-refractivity contribution is 5.86. The summed E-state index contributed by atoms with van der Waals surface area (Å²) in [4.78, 5) is 26.5. The molecule has 1 heterocycles. The van der Waals surface area contributed by atoms with Crippen LogP contribution in [0.15, 0.2) is 54.6 Å². The minimum absolute atomic E-state index is 0.0621. The number of para-hydroxylation sites is 2. The van der Waals surface area contributed by atoms with Crippen LogP contribution in [0.3, 0.4) is 0 Å². The summed E-state index contributed by atoms with van der Waals surface area (Å²) in [6.45, 7) is 2.54. The Morgan fingerprint density at radius 3 is 2.61 bits per heavy atom. The summed E-state index contributed by atoms with van der Waals surface area (Å²) in [5, 5.41) is 5.68. The molecule has 1 aliphatic heterocycles. The molecule has 0 aliphatic carbocycles. The largest absolute Gasteiger partial charge is 0.477 e. The van der Waals surface area contributed by atoms with E-state index in [9.17, 15) is 9.59 Å². The minimum atomic E-state index is -0.636. The van der Waals surface area contributed by atoms with Gasteiger partial charge in [-0.25, -0.2) is 0 Å². The Balaban J connectivity index is 1.58. The second kappa shape index (κ2) is 9.26. The summed E-state index contributed by atoms with van der Waals surface area (Å²) in [5.74, 6) is 0.358. The van der Waals surface area contributed by atoms with Crippen LogP contribution in [0.5, 0.6) is 5.75 Å². The van der Waals surface area contributed by atoms with Gasteiger partial charge in [0.15, 0.2) is 6.10 Å². The van der Waals surface area contributed by atoms with E-state index in [0.717, 1.165) is 18.5 Å². The Kier molecular flexibility index (Phi) is 6.53. The standard InChI is InChI=1S/C22H27N3O3/c1-16(12-13-17-8-4-3-5-9-17)24-21(26)15-25-14-20(22(27)23-2)28-19-11-7-6-10-18(19)25/h3-11,16,20H,12-15H2,1-2H3,(H,23,27)(H,24,26)/t16-,20-/m1/s1. The Hall–Kier alpha value is -3.02. The van der Waals surface area contributed by atoms with Gasteiger partial charge >= 0.3 is 0 Å². The van der Waals surface area contributed by atoms with Crippen molar-refractivity contribution >= 4 is 17.5 Å². The van der Waals surface area contributed by atoms with E-state index in [-0.39, 0.29) is 24.4 Å². The van der Waals surface area contributed by atoms with Gasteiger partial charge in [0.1, 0.15) is 5.75 Å². The van der Waals surface area contributed by atoms with Gasteiger partial charge in [-0.3, -0.25) is 9.59 Å². The van der Waals surface area contributed by atoms with Gasteiger partial charge in [0.2, 0.25) is 5.91 Å². The first-order valence-electron chi connectivity index (χ1n) is 9.62. The number of rotatable bonds is 7. The lowest BCUT2D eigenvalue weighted by Crippen LogP contribution is -2.51. The van der Waals surface area contributed by atoms with Crippen molar-refractivity contribution in [2.45, 2.75) is 31.9 Å². The summed E-state index contributed by atoms with van der Waals surface area (Å²) in [5.41, 5.74) is 2.09. The van der Waals surface area contributed by atoms with Gasteiger partial charge in [-0.2, -0.15) is 0 Å². The van der Waals surface area contributed by atoms with E-state index in [1.54, 1.807) is 7.05 Å². The van der Waals surface area contributed by atoms with Gasteiger partial charge in [-0.15, -0.1) is 0 Å². The third-order valence-corrected chi connectivity index (χ3v) is 4.85. The number of benzene rings is 2. The van der Waals surface area contributed by atoms with Crippen molar-refractivity contribution in [2.75, 3.05) is 25.0 Å². The zero-order valence-corrected chi connectivity index (χ0v) is 16.4. The molecule has 0 unspecified atom stereocenters. The van der Waals surface area contributed by atoms with Crippen molar-refractivity contribution in [1.29, 1.82) is 0 Å². The Bertz CT molecular complexity index is 810. The number of amides is 2. The molecular weight excluding hydrogens is 354 g/mol. The third kappa shape index (κ3) is 5.03. The lowest BCUT2D eigenvalue weighted by Gasteiger charge is -2.35. The van der Waals surface area contributed by atoms with Crippen LogP contribution in [-0.2, 0) is 16.0 Å². The van der Waals surface area contributed by atoms with Crippen molar-refractivity contribution in [3.05, 3.63) is 60.2 Å². The van der Waals surface area contributed by atoms with Crippen LogP contribution in [0.25, 0.3) is 0 Å². The quantitative estimate of drug-likeness (QED) is 0.771. The summed E-state index contributed by atoms with van der Waals surface area (Å²) in [7, 11) is 1.58. The van der Waals surface area contributed by atoms with Gasteiger partial charge < -0.3 is 20.3 Å². The van der Waals surface area contributed by atoms with Crippen molar-refractivity contribution in [3.8, 4) is 5.75 Å². The maximum absolute atomic E-state index is 12.6. The molecule has 2 aromatic carbocycles. The number of carbonyl (C=O) groups excluding carboxylic acids is 2. The van der Waals surface area contributed by atoms with Crippen molar-refractivity contribution in [2.24, 2.45) is 0 Å². The van der Waals surface area contributed by atoms with Gasteiger partial charge in [-0.05, 0) is 37.5 Å². The number of hydrogen-bond acceptors (Lipinski definition) is 4. The predicted octanol–water partition coefficient (Wildman–Crippen LogP) is 2.14. The molecule has 6 heteroatoms. The zero-order chi connectivity index (χ0) is 19.9. The second-order valence-corrected chi connectivity index (χ2v) is 7.06. The predicted molar refractivity (Wildman–Crippen MR) is 110 cm³/mol. The van der Waals surface area contributed by atoms with E-state index in [4.69, 9.17) is 4.74 Å². The highest BCUT2D eigenvalue weighted by atomic mass is 16.5. The van der Waals surface area contributed by atoms with Gasteiger partial charge in [0.25, 0.3) is 5.91 Å². The lowest BCUT2D eigenvalue weighted by atomic mass is 10.1. The van der Waals surface area contributed by atoms with Crippen LogP contribution in [-0.4, -0.2) is 44.1 Å². The Morgan fingerprint density at radius 2 is 1.86 bits per heavy atom. The van der Waals surface area contributed by atoms with Crippen molar-refractivity contribution in [1.82, 2.24) is 10.6 Å². The summed E-state index contributed by atoms with van der Waals surface area (Å²) in [6.07, 6.45) is 1.15. The lowest BCUT2D eigenvalue weighted by molar-refractivity contribution is -0.127. The van der Waals surface area contributed by atoms with Gasteiger partial charge in [-0.1, -0.05) is 42.5 Å². The normalized spacial score (nSPS) is 16.5. The molecule has 148 valence electrons. The fourth-order valence-electron chi connectivity index (χ4n) is 3.35. The van der Waals surface area contributed by atoms with Crippen LogP contribution in [0.1, 0.15) is 18.9 Å². The maximum Gasteiger partial charge on any atom is 0.262 e. The van der Waals surface area contributed by atoms with E-state index in [2.05, 4.69) is 22.8 Å². The first-order valence-corrected chi connectivity index (χ1v) is 9.62. The fraction of sp³-hybridized carbons (Fsp3) is 0.364. The molecule has 2 N–H and O–H groups in total. The molecule has 2 aromatic rings. The van der Waals surface area contributed by atoms with E-state index < -0.39 is 6.10 Å². The molecule has 0 fully saturated rings. The number of anilines is 1. The first-order chi connectivity index (χ1) is 13.6. The summed E-state index contributed by atoms with van der Waals surface area (Å²) in [6, 6.07) is 17.8. The number of aryl methyl sites for hydroxylation is 1. The Labute approximate surface area is 165 Å². The van der Waals surface area contributed by atoms with Gasteiger partial charge in [0, 0.05) is 13.1 Å². The number of likely N-dealkylation sites (N-methyl/N-ethyl adjacent to an activating group) is 1. The smallest absolute Gasteiger partial charge is 0.262 e. The molecule has 3 rings (SSSR count). The molecular formula is C22H27N3O3. The number of carbonyl (C=O) groups is 2. The Morgan fingerprint density at radius 1 is 1.14 bits per heavy atom. The highest BCUT2D eigenvalue weighted by Gasteiger charge is 2.31. The number of hydrogen-bond donors (Lipinski definition) is 2. The number of nitrogens with zero attached hydrogens (tertiary/aromatic N) is 1. The molecule has 1 aliphatic rings. The molecule has 0 spiro atoms. The van der Waals surface area contributed by atoms with Crippen LogP contribution >= 0.6 is 0 Å². The van der Waals surface area contributed by atoms with Crippen LogP contribution in [0, 0.1) is 0 Å². The molecule has 2 amide bonds. The number of fused-ring (bicyclic) bond motifs is 1. The fourth-order valence-corrected chi connectivity index (χ4v) is 3.35. The molecule has 28 heavy (non-hydrogen) atoms. The van der Waals surface area contributed by atoms with Crippen molar-refractivity contribution < 1.29 is 14.3 Å². The summed E-state index contributed by atoms with van der Waals surface area (Å²) >= 11 is 0. The summed E-state index contributed by atoms with van der Waals surface area (Å²) < 4.78 is 5.78. The zero-order valence-electron chi connectivity index (χ0n) is 16.4. The number of nitrogens with one attached hydrogen (secondary N) is 2. The third-order valence-electron chi connectivity index (χ3n) is 4.85. The molecule has 0 aromatic heterocycles. The molecule has 0 saturated heterocycles. The topological polar surface area (TPSA) is 70.7 Å². The van der Waals surface area contributed by atoms with E-state index >= 15 is 0 Å². The molecule has 2 atom stereocenters. The van der Waals surface area contributed by atoms with Crippen molar-refractivity contribution in [3.63, 3.8) is 0 Å². The van der Waals surface area contributed by atoms with Crippen LogP contribution in [0.2, 0.25) is 0 Å². The monoisotopic (exact) mass is 381 g/mol. The first kappa shape index (κ1) is 19.7. The van der Waals surface area contributed by atoms with E-state index in [0.29, 0.717) is 12.3 Å². The van der Waals surface area contributed by atoms with Crippen LogP contribution < -0.4 is 20.3 Å². The molecule has 6 nitrogen and oxygen atoms in total. The van der Waals surface area contributed by atoms with Gasteiger partial charge in [0.05, 0.1) is 18.8 Å². The molecule has 0 saturated carbocycles. The maximum atomic E-state index is 12.6. The van der Waals surface area contributed by atoms with E-state index in [1.165, 1.54) is 5.56 Å². The average Bonchev–Trinajstić information content (AvgIpc) is 2.72. The number of ether oxygens (including phenoxy) is 1. The second-order valence-electron chi connectivity index (χ2n) is 7.06. The molecule has 0 radical (unpaired) electrons.